The molecule has 4 heterocycles. The van der Waals surface area contributed by atoms with Crippen LogP contribution in [0.5, 0.6) is 0 Å². The number of carbonyl (C=O) groups excluding carboxylic acids is 3. The van der Waals surface area contributed by atoms with E-state index in [2.05, 4.69) is 4.98 Å². The second-order valence-corrected chi connectivity index (χ2v) is 10.8. The summed E-state index contributed by atoms with van der Waals surface area (Å²) in [7, 11) is 0. The van der Waals surface area contributed by atoms with Crippen molar-refractivity contribution < 1.29 is 80.2 Å². The summed E-state index contributed by atoms with van der Waals surface area (Å²) in [4.78, 5) is 44.0. The van der Waals surface area contributed by atoms with Crippen LogP contribution in [-0.2, 0) is 9.59 Å². The molecule has 8 nitrogen and oxygen atoms in total. The monoisotopic (exact) mass is 715 g/mol. The van der Waals surface area contributed by atoms with Gasteiger partial charge in [-0.15, -0.1) is 0 Å². The molecule has 1 unspecified atom stereocenters. The van der Waals surface area contributed by atoms with Crippen LogP contribution in [0.3, 0.4) is 0 Å². The number of alkyl halides is 15. The molecule has 2 aromatic rings. The summed E-state index contributed by atoms with van der Waals surface area (Å²) in [5, 5.41) is 9.33. The van der Waals surface area contributed by atoms with Crippen molar-refractivity contribution in [3.05, 3.63) is 36.0 Å². The average molecular weight is 715 g/mol. The van der Waals surface area contributed by atoms with Gasteiger partial charge in [0.25, 0.3) is 11.8 Å². The van der Waals surface area contributed by atoms with Gasteiger partial charge in [-0.25, -0.2) is 9.69 Å². The molecule has 2 bridgehead atoms. The Hall–Kier alpha value is -4.52. The van der Waals surface area contributed by atoms with Gasteiger partial charge in [-0.1, -0.05) is 0 Å². The van der Waals surface area contributed by atoms with Crippen molar-refractivity contribution in [3.63, 3.8) is 0 Å². The lowest BCUT2D eigenvalue weighted by atomic mass is 9.90. The van der Waals surface area contributed by atoms with Crippen LogP contribution in [0.25, 0.3) is 10.9 Å². The number of amides is 4. The smallest absolute Gasteiger partial charge is 0.330 e. The summed E-state index contributed by atoms with van der Waals surface area (Å²) < 4.78 is 205. The van der Waals surface area contributed by atoms with Gasteiger partial charge in [0.15, 0.2) is 0 Å². The number of benzene rings is 1. The maximum atomic E-state index is 14.8. The summed E-state index contributed by atoms with van der Waals surface area (Å²) >= 11 is 0. The minimum absolute atomic E-state index is 0.0157. The summed E-state index contributed by atoms with van der Waals surface area (Å²) in [6.07, 6.45) is -7.20. The van der Waals surface area contributed by atoms with Gasteiger partial charge in [0, 0.05) is 18.1 Å². The Morgan fingerprint density at radius 3 is 1.94 bits per heavy atom. The Morgan fingerprint density at radius 2 is 1.38 bits per heavy atom. The van der Waals surface area contributed by atoms with Crippen molar-refractivity contribution in [3.8, 4) is 6.07 Å². The molecule has 3 saturated heterocycles. The summed E-state index contributed by atoms with van der Waals surface area (Å²) in [5.41, 5.74) is -0.298. The van der Waals surface area contributed by atoms with Crippen LogP contribution in [0.2, 0.25) is 0 Å². The molecular formula is C25H12F15N5O3. The largest absolute Gasteiger partial charge is 0.460 e. The van der Waals surface area contributed by atoms with Crippen LogP contribution in [-0.4, -0.2) is 99.0 Å². The van der Waals surface area contributed by atoms with Crippen LogP contribution >= 0.6 is 0 Å². The number of rotatable bonds is 7. The van der Waals surface area contributed by atoms with Crippen LogP contribution in [0.4, 0.5) is 76.3 Å². The van der Waals surface area contributed by atoms with E-state index in [4.69, 9.17) is 0 Å². The quantitative estimate of drug-likeness (QED) is 0.275. The van der Waals surface area contributed by atoms with Gasteiger partial charge < -0.3 is 9.80 Å². The predicted octanol–water partition coefficient (Wildman–Crippen LogP) is 5.60. The Bertz CT molecular complexity index is 1770. The first-order valence-electron chi connectivity index (χ1n) is 12.8. The molecule has 260 valence electrons. The average Bonchev–Trinajstić information content (AvgIpc) is 3.66. The van der Waals surface area contributed by atoms with E-state index in [1.54, 1.807) is 6.07 Å². The molecule has 4 amide bonds. The number of halogens is 15. The number of nitriles is 1. The molecule has 0 aliphatic carbocycles. The molecule has 1 aromatic carbocycles. The summed E-state index contributed by atoms with van der Waals surface area (Å²) in [5.74, 6) is -53.8. The van der Waals surface area contributed by atoms with Crippen LogP contribution < -0.4 is 4.90 Å². The van der Waals surface area contributed by atoms with Gasteiger partial charge in [0.1, 0.15) is 12.1 Å². The Balaban J connectivity index is 1.47. The number of carbonyl (C=O) groups is 3. The van der Waals surface area contributed by atoms with Crippen molar-refractivity contribution in [1.29, 1.82) is 5.26 Å². The topological polar surface area (TPSA) is 97.6 Å². The zero-order valence-electron chi connectivity index (χ0n) is 22.7. The number of urea groups is 1. The zero-order valence-corrected chi connectivity index (χ0v) is 22.7. The van der Waals surface area contributed by atoms with E-state index in [-0.39, 0.29) is 22.2 Å². The Kier molecular flexibility index (Phi) is 7.25. The third kappa shape index (κ3) is 4.05. The lowest BCUT2D eigenvalue weighted by Crippen LogP contribution is -2.74. The fraction of sp³-hybridized carbons (Fsp3) is 0.480. The number of pyridine rings is 1. The first-order valence-corrected chi connectivity index (χ1v) is 12.8. The van der Waals surface area contributed by atoms with E-state index in [1.165, 1.54) is 18.3 Å². The molecule has 23 heteroatoms. The van der Waals surface area contributed by atoms with E-state index in [0.29, 0.717) is 9.80 Å². The molecule has 0 spiro atoms. The van der Waals surface area contributed by atoms with Gasteiger partial charge in [0.2, 0.25) is 0 Å². The molecular weight excluding hydrogens is 703 g/mol. The van der Waals surface area contributed by atoms with E-state index in [0.717, 1.165) is 12.1 Å². The second-order valence-electron chi connectivity index (χ2n) is 10.8. The minimum Gasteiger partial charge on any atom is -0.330 e. The van der Waals surface area contributed by atoms with E-state index < -0.39 is 95.5 Å². The first-order chi connectivity index (χ1) is 21.7. The summed E-state index contributed by atoms with van der Waals surface area (Å²) in [6, 6.07) is -0.0638. The Labute approximate surface area is 255 Å². The maximum Gasteiger partial charge on any atom is 0.460 e. The molecule has 3 aliphatic rings. The van der Waals surface area contributed by atoms with Gasteiger partial charge in [0.05, 0.1) is 28.9 Å². The van der Waals surface area contributed by atoms with E-state index in [9.17, 15) is 85.5 Å². The fourth-order valence-electron chi connectivity index (χ4n) is 5.84. The highest BCUT2D eigenvalue weighted by Gasteiger charge is 2.94. The highest BCUT2D eigenvalue weighted by atomic mass is 19.4. The normalized spacial score (nSPS) is 22.5. The van der Waals surface area contributed by atoms with E-state index in [1.807, 2.05) is 0 Å². The number of imide groups is 1. The lowest BCUT2D eigenvalue weighted by molar-refractivity contribution is -0.450. The Morgan fingerprint density at radius 1 is 0.812 bits per heavy atom. The lowest BCUT2D eigenvalue weighted by Gasteiger charge is -2.42. The molecule has 0 saturated carbocycles. The first kappa shape index (κ1) is 34.8. The number of hydrogen-bond acceptors (Lipinski definition) is 5. The third-order valence-electron chi connectivity index (χ3n) is 8.23. The highest BCUT2D eigenvalue weighted by molar-refractivity contribution is 6.25. The SMILES string of the molecule is N#Cc1ccc(N2C(=O)[C@@H]3C4C[C@H](CN4C(=O)C(F)(F)C(F)(F)C(F)(F)C(F)(F)C(F)(F)C(F)(F)C(F)(F)F)N3C2=O)c2cccnc12. The zero-order chi connectivity index (χ0) is 36.4. The summed E-state index contributed by atoms with van der Waals surface area (Å²) in [6.45, 7) is -1.25. The molecule has 48 heavy (non-hydrogen) atoms. The number of aromatic nitrogens is 1. The number of likely N-dealkylation sites (tertiary alicyclic amines) is 1. The van der Waals surface area contributed by atoms with Crippen LogP contribution in [0.15, 0.2) is 30.5 Å². The van der Waals surface area contributed by atoms with Crippen molar-refractivity contribution in [2.45, 2.75) is 66.3 Å². The third-order valence-corrected chi connectivity index (χ3v) is 8.23. The van der Waals surface area contributed by atoms with E-state index >= 15 is 0 Å². The fourth-order valence-corrected chi connectivity index (χ4v) is 5.84. The molecule has 3 aliphatic heterocycles. The number of fused-ring (bicyclic) bond motifs is 6. The molecule has 0 radical (unpaired) electrons. The van der Waals surface area contributed by atoms with Crippen LogP contribution in [0.1, 0.15) is 12.0 Å². The predicted molar refractivity (Wildman–Crippen MR) is 125 cm³/mol. The minimum atomic E-state index is -8.57. The molecule has 3 atom stereocenters. The van der Waals surface area contributed by atoms with Gasteiger partial charge in [-0.3, -0.25) is 14.6 Å². The second kappa shape index (κ2) is 10.0. The van der Waals surface area contributed by atoms with Gasteiger partial charge in [-0.2, -0.15) is 71.1 Å². The van der Waals surface area contributed by atoms with Crippen molar-refractivity contribution in [2.24, 2.45) is 0 Å². The number of anilines is 1. The molecule has 0 N–H and O–H groups in total. The van der Waals surface area contributed by atoms with Gasteiger partial charge in [-0.05, 0) is 30.7 Å². The van der Waals surface area contributed by atoms with Crippen molar-refractivity contribution >= 4 is 34.4 Å². The van der Waals surface area contributed by atoms with Crippen LogP contribution in [0, 0.1) is 11.3 Å². The highest BCUT2D eigenvalue weighted by Crippen LogP contribution is 2.62. The molecule has 5 rings (SSSR count). The maximum absolute atomic E-state index is 14.8. The van der Waals surface area contributed by atoms with Gasteiger partial charge >= 0.3 is 47.7 Å². The number of hydrogen-bond donors (Lipinski definition) is 0. The molecule has 1 aromatic heterocycles. The number of nitrogens with zero attached hydrogens (tertiary/aromatic N) is 5. The standard InChI is InChI=1S/C25H12F15N5O3/c26-19(27,20(28,29)21(30,31)22(32,33)23(34,35)24(36,37)25(38,39)40)17(47)43-8-10-6-13(43)15-16(46)45(18(48)44(10)15)12-4-3-9(7-41)14-11(12)2-1-5-42-14/h1-5,10,13,15H,6,8H2/t10-,13?,15+/m1/s1. The molecule has 3 fully saturated rings. The van der Waals surface area contributed by atoms with Crippen molar-refractivity contribution in [2.75, 3.05) is 11.4 Å². The number of piperazine rings is 1. The van der Waals surface area contributed by atoms with Crippen molar-refractivity contribution in [1.82, 2.24) is 14.8 Å².